The Morgan fingerprint density at radius 3 is 1.74 bits per heavy atom. The third-order valence-corrected chi connectivity index (χ3v) is 7.09. The predicted molar refractivity (Wildman–Crippen MR) is 158 cm³/mol. The number of aromatic nitrogens is 2. The van der Waals surface area contributed by atoms with Crippen LogP contribution in [0.25, 0.3) is 22.5 Å². The van der Waals surface area contributed by atoms with Gasteiger partial charge in [-0.2, -0.15) is 0 Å². The van der Waals surface area contributed by atoms with Gasteiger partial charge in [-0.25, -0.2) is 9.97 Å². The molecule has 0 fully saturated rings. The van der Waals surface area contributed by atoms with E-state index in [4.69, 9.17) is 4.74 Å². The minimum Gasteiger partial charge on any atom is -0.427 e. The molecule has 2 aromatic carbocycles. The number of esters is 1. The topological polar surface area (TPSA) is 52.1 Å². The summed E-state index contributed by atoms with van der Waals surface area (Å²) < 4.78 is 5.53. The number of aryl methyl sites for hydroxylation is 1. The van der Waals surface area contributed by atoms with Crippen molar-refractivity contribution >= 4 is 5.97 Å². The molecule has 38 heavy (non-hydrogen) atoms. The van der Waals surface area contributed by atoms with Crippen LogP contribution in [0.4, 0.5) is 0 Å². The maximum absolute atomic E-state index is 12.2. The van der Waals surface area contributed by atoms with Crippen molar-refractivity contribution in [2.75, 3.05) is 0 Å². The summed E-state index contributed by atoms with van der Waals surface area (Å²) in [6, 6.07) is 16.2. The highest BCUT2D eigenvalue weighted by molar-refractivity contribution is 5.73. The summed E-state index contributed by atoms with van der Waals surface area (Å²) in [4.78, 5) is 21.4. The summed E-state index contributed by atoms with van der Waals surface area (Å²) in [7, 11) is 0. The highest BCUT2D eigenvalue weighted by Crippen LogP contribution is 2.24. The average molecular weight is 515 g/mol. The van der Waals surface area contributed by atoms with Crippen LogP contribution in [-0.4, -0.2) is 15.9 Å². The summed E-state index contributed by atoms with van der Waals surface area (Å²) in [6.45, 7) is 4.49. The Bertz CT molecular complexity index is 1040. The minimum atomic E-state index is -0.152. The Morgan fingerprint density at radius 1 is 0.605 bits per heavy atom. The van der Waals surface area contributed by atoms with Gasteiger partial charge < -0.3 is 4.74 Å². The third-order valence-electron chi connectivity index (χ3n) is 7.09. The Balaban J connectivity index is 1.40. The van der Waals surface area contributed by atoms with Gasteiger partial charge in [0.15, 0.2) is 5.82 Å². The lowest BCUT2D eigenvalue weighted by Gasteiger charge is -2.07. The SMILES string of the molecule is CCCCCCCCCCCC(=O)Oc1ccc(-c2cnc(-c3ccc(CCCCCC)cc3)nc2)cc1. The van der Waals surface area contributed by atoms with Crippen LogP contribution >= 0.6 is 0 Å². The molecular weight excluding hydrogens is 468 g/mol. The van der Waals surface area contributed by atoms with Gasteiger partial charge in [0.1, 0.15) is 5.75 Å². The molecular formula is C34H46N2O2. The lowest BCUT2D eigenvalue weighted by atomic mass is 10.0. The van der Waals surface area contributed by atoms with Gasteiger partial charge in [-0.1, -0.05) is 121 Å². The van der Waals surface area contributed by atoms with Crippen LogP contribution in [0.3, 0.4) is 0 Å². The molecule has 1 aromatic heterocycles. The highest BCUT2D eigenvalue weighted by atomic mass is 16.5. The zero-order valence-corrected chi connectivity index (χ0v) is 23.6. The number of carbonyl (C=O) groups is 1. The summed E-state index contributed by atoms with van der Waals surface area (Å²) in [5.74, 6) is 1.16. The Labute approximate surface area is 230 Å². The van der Waals surface area contributed by atoms with Crippen LogP contribution in [0, 0.1) is 0 Å². The van der Waals surface area contributed by atoms with Crippen LogP contribution in [-0.2, 0) is 11.2 Å². The number of hydrogen-bond acceptors (Lipinski definition) is 4. The number of rotatable bonds is 18. The molecule has 0 saturated carbocycles. The second-order valence-electron chi connectivity index (χ2n) is 10.4. The second-order valence-corrected chi connectivity index (χ2v) is 10.4. The molecule has 0 amide bonds. The van der Waals surface area contributed by atoms with E-state index >= 15 is 0 Å². The number of hydrogen-bond donors (Lipinski definition) is 0. The molecule has 0 N–H and O–H groups in total. The molecule has 0 atom stereocenters. The average Bonchev–Trinajstić information content (AvgIpc) is 2.95. The van der Waals surface area contributed by atoms with Crippen molar-refractivity contribution in [1.82, 2.24) is 9.97 Å². The summed E-state index contributed by atoms with van der Waals surface area (Å²) in [5.41, 5.74) is 4.34. The molecule has 3 aromatic rings. The van der Waals surface area contributed by atoms with E-state index < -0.39 is 0 Å². The Morgan fingerprint density at radius 2 is 1.13 bits per heavy atom. The number of nitrogens with zero attached hydrogens (tertiary/aromatic N) is 2. The van der Waals surface area contributed by atoms with Gasteiger partial charge in [-0.3, -0.25) is 4.79 Å². The van der Waals surface area contributed by atoms with E-state index in [1.165, 1.54) is 76.2 Å². The smallest absolute Gasteiger partial charge is 0.311 e. The highest BCUT2D eigenvalue weighted by Gasteiger charge is 2.07. The molecule has 0 aliphatic carbocycles. The molecule has 0 aliphatic rings. The van der Waals surface area contributed by atoms with Crippen molar-refractivity contribution < 1.29 is 9.53 Å². The zero-order valence-electron chi connectivity index (χ0n) is 23.6. The fourth-order valence-corrected chi connectivity index (χ4v) is 4.68. The van der Waals surface area contributed by atoms with Crippen molar-refractivity contribution in [2.45, 2.75) is 110 Å². The van der Waals surface area contributed by atoms with Crippen LogP contribution in [0.5, 0.6) is 5.75 Å². The van der Waals surface area contributed by atoms with E-state index in [1.807, 2.05) is 36.7 Å². The van der Waals surface area contributed by atoms with E-state index in [0.29, 0.717) is 12.2 Å². The summed E-state index contributed by atoms with van der Waals surface area (Å²) in [5, 5.41) is 0. The van der Waals surface area contributed by atoms with E-state index in [0.717, 1.165) is 41.8 Å². The predicted octanol–water partition coefficient (Wildman–Crippen LogP) is 9.76. The first-order chi connectivity index (χ1) is 18.7. The Kier molecular flexibility index (Phi) is 13.6. The molecule has 0 radical (unpaired) electrons. The molecule has 0 aliphatic heterocycles. The molecule has 0 spiro atoms. The van der Waals surface area contributed by atoms with Crippen molar-refractivity contribution in [3.63, 3.8) is 0 Å². The fraction of sp³-hybridized carbons (Fsp3) is 0.500. The lowest BCUT2D eigenvalue weighted by molar-refractivity contribution is -0.134. The maximum atomic E-state index is 12.2. The van der Waals surface area contributed by atoms with Crippen molar-refractivity contribution in [2.24, 2.45) is 0 Å². The van der Waals surface area contributed by atoms with E-state index in [9.17, 15) is 4.79 Å². The van der Waals surface area contributed by atoms with E-state index in [1.54, 1.807) is 0 Å². The van der Waals surface area contributed by atoms with Gasteiger partial charge in [0.05, 0.1) is 0 Å². The molecule has 0 unspecified atom stereocenters. The van der Waals surface area contributed by atoms with E-state index in [2.05, 4.69) is 48.1 Å². The van der Waals surface area contributed by atoms with Crippen molar-refractivity contribution in [3.8, 4) is 28.3 Å². The number of unbranched alkanes of at least 4 members (excludes halogenated alkanes) is 11. The third kappa shape index (κ3) is 10.8. The van der Waals surface area contributed by atoms with Gasteiger partial charge in [-0.05, 0) is 42.5 Å². The van der Waals surface area contributed by atoms with E-state index in [-0.39, 0.29) is 5.97 Å². The molecule has 3 rings (SSSR count). The summed E-state index contributed by atoms with van der Waals surface area (Å²) >= 11 is 0. The van der Waals surface area contributed by atoms with Crippen LogP contribution in [0.15, 0.2) is 60.9 Å². The lowest BCUT2D eigenvalue weighted by Crippen LogP contribution is -2.07. The standard InChI is InChI=1S/C34H46N2O2/c1-3-5-7-9-10-11-12-13-15-17-33(37)38-32-24-22-29(23-25-32)31-26-35-34(36-27-31)30-20-18-28(19-21-30)16-14-8-6-4-2/h18-27H,3-17H2,1-2H3. The second kappa shape index (κ2) is 17.5. The zero-order chi connectivity index (χ0) is 26.8. The van der Waals surface area contributed by atoms with Gasteiger partial charge in [0, 0.05) is 29.9 Å². The number of carbonyl (C=O) groups excluding carboxylic acids is 1. The van der Waals surface area contributed by atoms with Gasteiger partial charge >= 0.3 is 5.97 Å². The van der Waals surface area contributed by atoms with Crippen molar-refractivity contribution in [3.05, 3.63) is 66.5 Å². The van der Waals surface area contributed by atoms with Crippen LogP contribution in [0.2, 0.25) is 0 Å². The number of benzene rings is 2. The first-order valence-electron chi connectivity index (χ1n) is 14.9. The summed E-state index contributed by atoms with van der Waals surface area (Å²) in [6.07, 6.45) is 21.6. The van der Waals surface area contributed by atoms with Gasteiger partial charge in [0.25, 0.3) is 0 Å². The van der Waals surface area contributed by atoms with Crippen molar-refractivity contribution in [1.29, 1.82) is 0 Å². The number of ether oxygens (including phenoxy) is 1. The first-order valence-corrected chi connectivity index (χ1v) is 14.9. The quantitative estimate of drug-likeness (QED) is 0.0963. The maximum Gasteiger partial charge on any atom is 0.311 e. The minimum absolute atomic E-state index is 0.152. The molecule has 4 nitrogen and oxygen atoms in total. The Hall–Kier alpha value is -3.01. The van der Waals surface area contributed by atoms with Gasteiger partial charge in [-0.15, -0.1) is 0 Å². The van der Waals surface area contributed by atoms with Crippen LogP contribution in [0.1, 0.15) is 109 Å². The fourth-order valence-electron chi connectivity index (χ4n) is 4.68. The molecule has 4 heteroatoms. The molecule has 1 heterocycles. The largest absolute Gasteiger partial charge is 0.427 e. The molecule has 0 saturated heterocycles. The molecule has 0 bridgehead atoms. The molecule has 204 valence electrons. The normalized spacial score (nSPS) is 11.0. The first kappa shape index (κ1) is 29.5. The monoisotopic (exact) mass is 514 g/mol. The van der Waals surface area contributed by atoms with Crippen LogP contribution < -0.4 is 4.74 Å². The van der Waals surface area contributed by atoms with Gasteiger partial charge in [0.2, 0.25) is 0 Å².